The Labute approximate surface area is 162 Å². The second-order valence-electron chi connectivity index (χ2n) is 6.25. The molecular formula is C18H16BrFN4OS. The van der Waals surface area contributed by atoms with Gasteiger partial charge in [0.05, 0.1) is 15.9 Å². The van der Waals surface area contributed by atoms with Crippen LogP contribution in [0.4, 0.5) is 14.9 Å². The van der Waals surface area contributed by atoms with E-state index in [2.05, 4.69) is 31.4 Å². The number of fused-ring (bicyclic) bond motifs is 1. The van der Waals surface area contributed by atoms with E-state index in [-0.39, 0.29) is 17.9 Å². The first kappa shape index (κ1) is 17.2. The molecule has 1 unspecified atom stereocenters. The third-order valence-electron chi connectivity index (χ3n) is 4.50. The smallest absolute Gasteiger partial charge is 0.317 e. The van der Waals surface area contributed by atoms with Gasteiger partial charge >= 0.3 is 6.03 Å². The minimum atomic E-state index is -0.363. The van der Waals surface area contributed by atoms with E-state index < -0.39 is 0 Å². The van der Waals surface area contributed by atoms with Crippen LogP contribution in [0.2, 0.25) is 0 Å². The molecule has 4 rings (SSSR count). The standard InChI is InChI=1S/C18H16BrFN4OS/c1-10-7-15-12(17(23-22-15)16-3-2-6-26-16)9-24(10)18(25)21-11-4-5-14(20)13(19)8-11/h2-6,8,10H,7,9H2,1H3,(H,21,25)(H,22,23). The van der Waals surface area contributed by atoms with Crippen LogP contribution in [0.5, 0.6) is 0 Å². The number of anilines is 1. The van der Waals surface area contributed by atoms with Crippen molar-refractivity contribution in [2.24, 2.45) is 0 Å². The highest BCUT2D eigenvalue weighted by molar-refractivity contribution is 9.10. The van der Waals surface area contributed by atoms with E-state index in [1.54, 1.807) is 28.4 Å². The Hall–Kier alpha value is -2.19. The van der Waals surface area contributed by atoms with Gasteiger partial charge in [-0.25, -0.2) is 9.18 Å². The van der Waals surface area contributed by atoms with Gasteiger partial charge in [-0.05, 0) is 52.5 Å². The van der Waals surface area contributed by atoms with Crippen LogP contribution < -0.4 is 5.32 Å². The van der Waals surface area contributed by atoms with E-state index in [9.17, 15) is 9.18 Å². The number of benzene rings is 1. The van der Waals surface area contributed by atoms with Crippen molar-refractivity contribution in [2.75, 3.05) is 5.32 Å². The number of amides is 2. The lowest BCUT2D eigenvalue weighted by molar-refractivity contribution is 0.182. The highest BCUT2D eigenvalue weighted by Gasteiger charge is 2.31. The Bertz CT molecular complexity index is 956. The fourth-order valence-corrected chi connectivity index (χ4v) is 4.25. The Balaban J connectivity index is 1.57. The van der Waals surface area contributed by atoms with E-state index >= 15 is 0 Å². The number of hydrogen-bond acceptors (Lipinski definition) is 3. The second-order valence-corrected chi connectivity index (χ2v) is 8.05. The van der Waals surface area contributed by atoms with Gasteiger partial charge in [-0.15, -0.1) is 11.3 Å². The van der Waals surface area contributed by atoms with Crippen LogP contribution >= 0.6 is 27.3 Å². The van der Waals surface area contributed by atoms with E-state index in [0.717, 1.165) is 21.8 Å². The third kappa shape index (κ3) is 3.14. The summed E-state index contributed by atoms with van der Waals surface area (Å²) in [5, 5.41) is 12.4. The normalized spacial score (nSPS) is 16.4. The zero-order valence-corrected chi connectivity index (χ0v) is 16.3. The van der Waals surface area contributed by atoms with Crippen molar-refractivity contribution in [1.29, 1.82) is 0 Å². The van der Waals surface area contributed by atoms with Gasteiger partial charge in [-0.3, -0.25) is 5.10 Å². The number of carbonyl (C=O) groups is 1. The lowest BCUT2D eigenvalue weighted by Crippen LogP contribution is -2.44. The fraction of sp³-hybridized carbons (Fsp3) is 0.222. The molecule has 0 spiro atoms. The summed E-state index contributed by atoms with van der Waals surface area (Å²) in [6, 6.07) is 8.27. The monoisotopic (exact) mass is 434 g/mol. The molecule has 2 N–H and O–H groups in total. The molecule has 2 aromatic heterocycles. The van der Waals surface area contributed by atoms with Gasteiger partial charge in [0.1, 0.15) is 11.5 Å². The van der Waals surface area contributed by atoms with Gasteiger partial charge in [0.2, 0.25) is 0 Å². The largest absolute Gasteiger partial charge is 0.322 e. The maximum Gasteiger partial charge on any atom is 0.322 e. The average Bonchev–Trinajstić information content (AvgIpc) is 3.26. The van der Waals surface area contributed by atoms with Crippen molar-refractivity contribution in [1.82, 2.24) is 15.1 Å². The van der Waals surface area contributed by atoms with E-state index in [4.69, 9.17) is 0 Å². The quantitative estimate of drug-likeness (QED) is 0.594. The zero-order valence-electron chi connectivity index (χ0n) is 13.9. The van der Waals surface area contributed by atoms with Gasteiger partial charge in [-0.2, -0.15) is 5.10 Å². The molecule has 0 aliphatic carbocycles. The topological polar surface area (TPSA) is 61.0 Å². The summed E-state index contributed by atoms with van der Waals surface area (Å²) in [7, 11) is 0. The summed E-state index contributed by atoms with van der Waals surface area (Å²) in [5.41, 5.74) is 3.59. The Morgan fingerprint density at radius 2 is 2.31 bits per heavy atom. The number of urea groups is 1. The first-order valence-electron chi connectivity index (χ1n) is 8.15. The van der Waals surface area contributed by atoms with E-state index in [1.807, 2.05) is 24.4 Å². The predicted molar refractivity (Wildman–Crippen MR) is 104 cm³/mol. The van der Waals surface area contributed by atoms with E-state index in [0.29, 0.717) is 23.1 Å². The van der Waals surface area contributed by atoms with E-state index in [1.165, 1.54) is 6.07 Å². The predicted octanol–water partition coefficient (Wildman–Crippen LogP) is 5.02. The molecule has 1 atom stereocenters. The molecule has 134 valence electrons. The first-order valence-corrected chi connectivity index (χ1v) is 9.83. The molecule has 3 aromatic rings. The molecule has 5 nitrogen and oxygen atoms in total. The molecule has 1 aliphatic heterocycles. The molecule has 8 heteroatoms. The van der Waals surface area contributed by atoms with Gasteiger partial charge in [0.25, 0.3) is 0 Å². The summed E-state index contributed by atoms with van der Waals surface area (Å²) < 4.78 is 13.7. The van der Waals surface area contributed by atoms with Crippen molar-refractivity contribution < 1.29 is 9.18 Å². The maximum absolute atomic E-state index is 13.4. The number of hydrogen-bond donors (Lipinski definition) is 2. The third-order valence-corrected chi connectivity index (χ3v) is 5.98. The van der Waals surface area contributed by atoms with Crippen LogP contribution in [-0.4, -0.2) is 27.2 Å². The van der Waals surface area contributed by atoms with Crippen molar-refractivity contribution >= 4 is 39.0 Å². The summed E-state index contributed by atoms with van der Waals surface area (Å²) >= 11 is 4.77. The van der Waals surface area contributed by atoms with Crippen LogP contribution in [-0.2, 0) is 13.0 Å². The zero-order chi connectivity index (χ0) is 18.3. The van der Waals surface area contributed by atoms with Crippen LogP contribution in [0.15, 0.2) is 40.2 Å². The SMILES string of the molecule is CC1Cc2[nH]nc(-c3cccs3)c2CN1C(=O)Nc1ccc(F)c(Br)c1. The molecule has 1 aliphatic rings. The highest BCUT2D eigenvalue weighted by atomic mass is 79.9. The van der Waals surface area contributed by atoms with Crippen molar-refractivity contribution in [3.05, 3.63) is 57.3 Å². The number of aromatic amines is 1. The first-order chi connectivity index (χ1) is 12.5. The molecular weight excluding hydrogens is 419 g/mol. The molecule has 0 saturated heterocycles. The second kappa shape index (κ2) is 6.85. The van der Waals surface area contributed by atoms with Crippen LogP contribution in [0, 0.1) is 5.82 Å². The summed E-state index contributed by atoms with van der Waals surface area (Å²) in [4.78, 5) is 15.6. The number of rotatable bonds is 2. The number of H-pyrrole nitrogens is 1. The molecule has 2 amide bonds. The van der Waals surface area contributed by atoms with Crippen molar-refractivity contribution in [3.8, 4) is 10.6 Å². The van der Waals surface area contributed by atoms with Crippen LogP contribution in [0.3, 0.4) is 0 Å². The van der Waals surface area contributed by atoms with Gasteiger partial charge in [0.15, 0.2) is 0 Å². The molecule has 0 radical (unpaired) electrons. The Morgan fingerprint density at radius 3 is 3.04 bits per heavy atom. The molecule has 0 saturated carbocycles. The lowest BCUT2D eigenvalue weighted by Gasteiger charge is -2.33. The van der Waals surface area contributed by atoms with Gasteiger partial charge < -0.3 is 10.2 Å². The van der Waals surface area contributed by atoms with Crippen LogP contribution in [0.1, 0.15) is 18.2 Å². The van der Waals surface area contributed by atoms with Gasteiger partial charge in [0, 0.05) is 29.4 Å². The number of halogens is 2. The highest BCUT2D eigenvalue weighted by Crippen LogP contribution is 2.33. The molecule has 0 fully saturated rings. The summed E-state index contributed by atoms with van der Waals surface area (Å²) in [5.74, 6) is -0.363. The Morgan fingerprint density at radius 1 is 1.46 bits per heavy atom. The van der Waals surface area contributed by atoms with Crippen molar-refractivity contribution in [3.63, 3.8) is 0 Å². The van der Waals surface area contributed by atoms with Crippen molar-refractivity contribution in [2.45, 2.75) is 25.9 Å². The number of carbonyl (C=O) groups excluding carboxylic acids is 1. The van der Waals surface area contributed by atoms with Crippen LogP contribution in [0.25, 0.3) is 10.6 Å². The minimum Gasteiger partial charge on any atom is -0.317 e. The summed E-state index contributed by atoms with van der Waals surface area (Å²) in [6.07, 6.45) is 0.717. The minimum absolute atomic E-state index is 0.0306. The number of nitrogens with zero attached hydrogens (tertiary/aromatic N) is 2. The van der Waals surface area contributed by atoms with Gasteiger partial charge in [-0.1, -0.05) is 6.07 Å². The fourth-order valence-electron chi connectivity index (χ4n) is 3.13. The molecule has 1 aromatic carbocycles. The molecule has 3 heterocycles. The molecule has 26 heavy (non-hydrogen) atoms. The lowest BCUT2D eigenvalue weighted by atomic mass is 9.99. The number of nitrogens with one attached hydrogen (secondary N) is 2. The Kier molecular flexibility index (Phi) is 4.54. The number of thiophene rings is 1. The molecule has 0 bridgehead atoms. The maximum atomic E-state index is 13.4. The average molecular weight is 435 g/mol. The summed E-state index contributed by atoms with van der Waals surface area (Å²) in [6.45, 7) is 2.49. The number of aromatic nitrogens is 2.